The molecule has 0 saturated carbocycles. The quantitative estimate of drug-likeness (QED) is 0.335. The number of hydrogen-bond donors (Lipinski definition) is 2. The van der Waals surface area contributed by atoms with Crippen molar-refractivity contribution in [3.8, 4) is 0 Å². The fourth-order valence-corrected chi connectivity index (χ4v) is 2.86. The summed E-state index contributed by atoms with van der Waals surface area (Å²) in [5, 5.41) is 11.5. The third-order valence-electron chi connectivity index (χ3n) is 4.06. The summed E-state index contributed by atoms with van der Waals surface area (Å²) < 4.78 is 5.40. The average Bonchev–Trinajstić information content (AvgIpc) is 3.05. The first-order valence-corrected chi connectivity index (χ1v) is 7.14. The molecule has 2 fully saturated rings. The zero-order valence-electron chi connectivity index (χ0n) is 11.9. The Balaban J connectivity index is 1.63. The van der Waals surface area contributed by atoms with E-state index in [2.05, 4.69) is 24.9 Å². The summed E-state index contributed by atoms with van der Waals surface area (Å²) in [7, 11) is 0. The minimum Gasteiger partial charge on any atom is -0.409 e. The van der Waals surface area contributed by atoms with E-state index in [-0.39, 0.29) is 5.84 Å². The molecule has 3 rings (SSSR count). The van der Waals surface area contributed by atoms with E-state index >= 15 is 0 Å². The van der Waals surface area contributed by atoms with Crippen molar-refractivity contribution < 1.29 is 9.94 Å². The second-order valence-electron chi connectivity index (χ2n) is 5.28. The van der Waals surface area contributed by atoms with Gasteiger partial charge in [0.25, 0.3) is 0 Å². The highest BCUT2D eigenvalue weighted by Crippen LogP contribution is 2.21. The largest absolute Gasteiger partial charge is 0.409 e. The molecule has 2 aliphatic rings. The topological polar surface area (TPSA) is 100 Å². The number of nitrogens with zero attached hydrogens (tertiary/aromatic N) is 5. The number of hydrogen-bond acceptors (Lipinski definition) is 7. The van der Waals surface area contributed by atoms with Gasteiger partial charge >= 0.3 is 0 Å². The summed E-state index contributed by atoms with van der Waals surface area (Å²) in [6, 6.07) is 0.555. The van der Waals surface area contributed by atoms with Gasteiger partial charge in [-0.15, -0.1) is 0 Å². The lowest BCUT2D eigenvalue weighted by Gasteiger charge is -2.32. The highest BCUT2D eigenvalue weighted by atomic mass is 16.5. The van der Waals surface area contributed by atoms with E-state index in [1.165, 1.54) is 6.20 Å². The maximum Gasteiger partial charge on any atom is 0.190 e. The van der Waals surface area contributed by atoms with Crippen molar-refractivity contribution in [3.63, 3.8) is 0 Å². The first-order valence-electron chi connectivity index (χ1n) is 7.14. The van der Waals surface area contributed by atoms with E-state index < -0.39 is 0 Å². The molecule has 3 N–H and O–H groups in total. The van der Waals surface area contributed by atoms with Crippen LogP contribution in [0.25, 0.3) is 0 Å². The first-order chi connectivity index (χ1) is 10.3. The van der Waals surface area contributed by atoms with Gasteiger partial charge in [0, 0.05) is 32.2 Å². The van der Waals surface area contributed by atoms with Crippen LogP contribution < -0.4 is 10.6 Å². The van der Waals surface area contributed by atoms with Gasteiger partial charge < -0.3 is 20.6 Å². The van der Waals surface area contributed by atoms with Crippen molar-refractivity contribution in [2.24, 2.45) is 10.9 Å². The minimum atomic E-state index is -0.0262. The number of oxime groups is 1. The van der Waals surface area contributed by atoms with Crippen LogP contribution in [0.15, 0.2) is 17.5 Å². The van der Waals surface area contributed by atoms with Crippen molar-refractivity contribution in [1.29, 1.82) is 0 Å². The second-order valence-corrected chi connectivity index (χ2v) is 5.28. The minimum absolute atomic E-state index is 0.0262. The number of rotatable bonds is 3. The standard InChI is InChI=1S/C13H20N6O2/c14-13(17-20)11-7-16-12(8-15-11)19-2-1-10(9-19)18-3-5-21-6-4-18/h7-8,10,20H,1-6,9H2,(H2,14,17). The summed E-state index contributed by atoms with van der Waals surface area (Å²) in [6.45, 7) is 5.59. The molecule has 8 nitrogen and oxygen atoms in total. The molecule has 0 spiro atoms. The molecule has 114 valence electrons. The molecule has 0 aliphatic carbocycles. The van der Waals surface area contributed by atoms with Crippen molar-refractivity contribution in [2.45, 2.75) is 12.5 Å². The molecule has 1 atom stereocenters. The van der Waals surface area contributed by atoms with E-state index in [9.17, 15) is 0 Å². The van der Waals surface area contributed by atoms with E-state index in [0.717, 1.165) is 51.6 Å². The molecule has 1 aromatic heterocycles. The zero-order valence-corrected chi connectivity index (χ0v) is 11.9. The number of morpholine rings is 1. The van der Waals surface area contributed by atoms with Crippen molar-refractivity contribution >= 4 is 11.7 Å². The summed E-state index contributed by atoms with van der Waals surface area (Å²) in [6.07, 6.45) is 4.34. The molecule has 1 unspecified atom stereocenters. The summed E-state index contributed by atoms with van der Waals surface area (Å²) in [4.78, 5) is 13.2. The lowest BCUT2D eigenvalue weighted by atomic mass is 10.2. The van der Waals surface area contributed by atoms with Crippen LogP contribution in [-0.4, -0.2) is 71.3 Å². The molecule has 1 aromatic rings. The van der Waals surface area contributed by atoms with Gasteiger partial charge in [0.2, 0.25) is 0 Å². The van der Waals surface area contributed by atoms with Crippen molar-refractivity contribution in [2.75, 3.05) is 44.3 Å². The summed E-state index contributed by atoms with van der Waals surface area (Å²) >= 11 is 0. The van der Waals surface area contributed by atoms with Crippen LogP contribution in [0.3, 0.4) is 0 Å². The van der Waals surface area contributed by atoms with E-state index in [1.54, 1.807) is 6.20 Å². The Hall–Kier alpha value is -1.93. The first kappa shape index (κ1) is 14.0. The Bertz CT molecular complexity index is 500. The van der Waals surface area contributed by atoms with E-state index in [0.29, 0.717) is 11.7 Å². The average molecular weight is 292 g/mol. The maximum absolute atomic E-state index is 8.62. The third kappa shape index (κ3) is 3.06. The lowest BCUT2D eigenvalue weighted by Crippen LogP contribution is -2.44. The molecule has 8 heteroatoms. The number of amidine groups is 1. The smallest absolute Gasteiger partial charge is 0.190 e. The van der Waals surface area contributed by atoms with Crippen LogP contribution in [0.2, 0.25) is 0 Å². The second kappa shape index (κ2) is 6.23. The molecule has 2 saturated heterocycles. The number of anilines is 1. The van der Waals surface area contributed by atoms with Crippen LogP contribution in [0, 0.1) is 0 Å². The van der Waals surface area contributed by atoms with Gasteiger partial charge in [0.15, 0.2) is 5.84 Å². The van der Waals surface area contributed by atoms with Crippen LogP contribution in [0.5, 0.6) is 0 Å². The molecule has 21 heavy (non-hydrogen) atoms. The monoisotopic (exact) mass is 292 g/mol. The molecule has 0 bridgehead atoms. The van der Waals surface area contributed by atoms with Crippen LogP contribution in [0.4, 0.5) is 5.82 Å². The zero-order chi connectivity index (χ0) is 14.7. The summed E-state index contributed by atoms with van der Waals surface area (Å²) in [5.41, 5.74) is 5.86. The molecule has 3 heterocycles. The molecular weight excluding hydrogens is 272 g/mol. The fraction of sp³-hybridized carbons (Fsp3) is 0.615. The van der Waals surface area contributed by atoms with Gasteiger partial charge in [-0.05, 0) is 6.42 Å². The Labute approximate surface area is 123 Å². The number of nitrogens with two attached hydrogens (primary N) is 1. The van der Waals surface area contributed by atoms with Gasteiger partial charge in [0.1, 0.15) is 11.5 Å². The van der Waals surface area contributed by atoms with E-state index in [1.807, 2.05) is 0 Å². The van der Waals surface area contributed by atoms with Gasteiger partial charge in [-0.25, -0.2) is 9.97 Å². The Morgan fingerprint density at radius 3 is 2.76 bits per heavy atom. The van der Waals surface area contributed by atoms with Gasteiger partial charge in [-0.1, -0.05) is 5.16 Å². The maximum atomic E-state index is 8.62. The van der Waals surface area contributed by atoms with Crippen LogP contribution in [-0.2, 0) is 4.74 Å². The number of aromatic nitrogens is 2. The van der Waals surface area contributed by atoms with Crippen LogP contribution >= 0.6 is 0 Å². The Kier molecular flexibility index (Phi) is 4.16. The molecule has 0 radical (unpaired) electrons. The van der Waals surface area contributed by atoms with Crippen molar-refractivity contribution in [1.82, 2.24) is 14.9 Å². The van der Waals surface area contributed by atoms with Crippen molar-refractivity contribution in [3.05, 3.63) is 18.1 Å². The fourth-order valence-electron chi connectivity index (χ4n) is 2.86. The third-order valence-corrected chi connectivity index (χ3v) is 4.06. The highest BCUT2D eigenvalue weighted by Gasteiger charge is 2.29. The Morgan fingerprint density at radius 1 is 1.29 bits per heavy atom. The molecule has 0 aromatic carbocycles. The SMILES string of the molecule is NC(=NO)c1cnc(N2CCC(N3CCOCC3)C2)cn1. The molecule has 2 aliphatic heterocycles. The predicted molar refractivity (Wildman–Crippen MR) is 77.6 cm³/mol. The van der Waals surface area contributed by atoms with Gasteiger partial charge in [0.05, 0.1) is 25.6 Å². The molecular formula is C13H20N6O2. The lowest BCUT2D eigenvalue weighted by molar-refractivity contribution is 0.0209. The summed E-state index contributed by atoms with van der Waals surface area (Å²) in [5.74, 6) is 0.807. The normalized spacial score (nSPS) is 24.5. The van der Waals surface area contributed by atoms with Gasteiger partial charge in [-0.2, -0.15) is 0 Å². The highest BCUT2D eigenvalue weighted by molar-refractivity contribution is 5.94. The van der Waals surface area contributed by atoms with Crippen LogP contribution in [0.1, 0.15) is 12.1 Å². The Morgan fingerprint density at radius 2 is 2.10 bits per heavy atom. The molecule has 0 amide bonds. The van der Waals surface area contributed by atoms with Gasteiger partial charge in [-0.3, -0.25) is 4.90 Å². The van der Waals surface area contributed by atoms with E-state index in [4.69, 9.17) is 15.7 Å². The number of ether oxygens (including phenoxy) is 1. The predicted octanol–water partition coefficient (Wildman–Crippen LogP) is -0.518.